The van der Waals surface area contributed by atoms with Gasteiger partial charge >= 0.3 is 0 Å². The number of ketones is 1. The summed E-state index contributed by atoms with van der Waals surface area (Å²) in [5.41, 5.74) is 0. The van der Waals surface area contributed by atoms with Crippen LogP contribution in [0.2, 0.25) is 0 Å². The number of rotatable bonds is 4. The third kappa shape index (κ3) is 2.53. The van der Waals surface area contributed by atoms with Gasteiger partial charge in [-0.3, -0.25) is 4.79 Å². The lowest BCUT2D eigenvalue weighted by Crippen LogP contribution is -2.32. The average molecular weight is 238 g/mol. The van der Waals surface area contributed by atoms with Crippen LogP contribution < -0.4 is 0 Å². The predicted octanol–water partition coefficient (Wildman–Crippen LogP) is 3.53. The van der Waals surface area contributed by atoms with Gasteiger partial charge in [0, 0.05) is 7.11 Å². The molecule has 2 nitrogen and oxygen atoms in total. The molecule has 0 spiro atoms. The van der Waals surface area contributed by atoms with Crippen LogP contribution in [0.15, 0.2) is 17.5 Å². The number of carbonyl (C=O) groups is 1. The van der Waals surface area contributed by atoms with Crippen molar-refractivity contribution in [1.82, 2.24) is 0 Å². The molecule has 1 aliphatic rings. The summed E-state index contributed by atoms with van der Waals surface area (Å²) in [5.74, 6) is 0.595. The Morgan fingerprint density at radius 3 is 2.75 bits per heavy atom. The topological polar surface area (TPSA) is 26.3 Å². The fraction of sp³-hybridized carbons (Fsp3) is 0.615. The maximum Gasteiger partial charge on any atom is 0.201 e. The summed E-state index contributed by atoms with van der Waals surface area (Å²) in [4.78, 5) is 13.1. The Balaban J connectivity index is 2.06. The van der Waals surface area contributed by atoms with Crippen LogP contribution in [0.25, 0.3) is 0 Å². The van der Waals surface area contributed by atoms with Crippen molar-refractivity contribution in [2.75, 3.05) is 7.11 Å². The Kier molecular flexibility index (Phi) is 4.13. The molecule has 3 heteroatoms. The second kappa shape index (κ2) is 5.60. The minimum atomic E-state index is -0.223. The molecule has 0 aliphatic heterocycles. The van der Waals surface area contributed by atoms with Gasteiger partial charge in [-0.05, 0) is 30.2 Å². The molecule has 1 saturated carbocycles. The molecule has 16 heavy (non-hydrogen) atoms. The normalized spacial score (nSPS) is 19.6. The smallest absolute Gasteiger partial charge is 0.201 e. The lowest BCUT2D eigenvalue weighted by molar-refractivity contribution is 0.0318. The third-order valence-corrected chi connectivity index (χ3v) is 4.24. The first-order valence-electron chi connectivity index (χ1n) is 5.93. The Bertz CT molecular complexity index is 326. The van der Waals surface area contributed by atoms with E-state index < -0.39 is 0 Å². The highest BCUT2D eigenvalue weighted by Gasteiger charge is 2.30. The van der Waals surface area contributed by atoms with Gasteiger partial charge in [0.25, 0.3) is 0 Å². The zero-order valence-corrected chi connectivity index (χ0v) is 10.5. The van der Waals surface area contributed by atoms with Crippen LogP contribution in [-0.4, -0.2) is 19.0 Å². The van der Waals surface area contributed by atoms with Crippen molar-refractivity contribution in [3.63, 3.8) is 0 Å². The fourth-order valence-electron chi connectivity index (χ4n) is 2.51. The molecule has 1 aromatic heterocycles. The molecule has 1 unspecified atom stereocenters. The Morgan fingerprint density at radius 2 is 2.19 bits per heavy atom. The number of hydrogen-bond acceptors (Lipinski definition) is 3. The SMILES string of the molecule is COC(C(=O)c1cccs1)C1CCCCC1. The van der Waals surface area contributed by atoms with Gasteiger partial charge in [0.1, 0.15) is 6.10 Å². The van der Waals surface area contributed by atoms with Gasteiger partial charge in [0.2, 0.25) is 5.78 Å². The van der Waals surface area contributed by atoms with Crippen LogP contribution in [0.3, 0.4) is 0 Å². The van der Waals surface area contributed by atoms with Gasteiger partial charge in [0.05, 0.1) is 4.88 Å². The number of methoxy groups -OCH3 is 1. The summed E-state index contributed by atoms with van der Waals surface area (Å²) >= 11 is 1.51. The summed E-state index contributed by atoms with van der Waals surface area (Å²) in [6, 6.07) is 3.81. The monoisotopic (exact) mass is 238 g/mol. The van der Waals surface area contributed by atoms with E-state index in [0.29, 0.717) is 5.92 Å². The van der Waals surface area contributed by atoms with Crippen LogP contribution in [0.4, 0.5) is 0 Å². The van der Waals surface area contributed by atoms with Crippen LogP contribution in [-0.2, 0) is 4.74 Å². The highest BCUT2D eigenvalue weighted by Crippen LogP contribution is 2.30. The molecule has 0 aromatic carbocycles. The van der Waals surface area contributed by atoms with E-state index >= 15 is 0 Å². The predicted molar refractivity (Wildman–Crippen MR) is 66.0 cm³/mol. The fourth-order valence-corrected chi connectivity index (χ4v) is 3.20. The lowest BCUT2D eigenvalue weighted by atomic mass is 9.83. The van der Waals surface area contributed by atoms with E-state index in [-0.39, 0.29) is 11.9 Å². The molecular formula is C13H18O2S. The first-order valence-corrected chi connectivity index (χ1v) is 6.81. The average Bonchev–Trinajstić information content (AvgIpc) is 2.85. The van der Waals surface area contributed by atoms with Crippen molar-refractivity contribution in [2.24, 2.45) is 5.92 Å². The van der Waals surface area contributed by atoms with E-state index in [9.17, 15) is 4.79 Å². The standard InChI is InChI=1S/C13H18O2S/c1-15-13(10-6-3-2-4-7-10)12(14)11-8-5-9-16-11/h5,8-10,13H,2-4,6-7H2,1H3. The minimum absolute atomic E-state index is 0.171. The molecule has 1 aromatic rings. The molecular weight excluding hydrogens is 220 g/mol. The quantitative estimate of drug-likeness (QED) is 0.750. The van der Waals surface area contributed by atoms with Gasteiger partial charge < -0.3 is 4.74 Å². The van der Waals surface area contributed by atoms with Crippen molar-refractivity contribution in [1.29, 1.82) is 0 Å². The van der Waals surface area contributed by atoms with Crippen LogP contribution in [0.1, 0.15) is 41.8 Å². The number of Topliss-reactive ketones (excluding diaryl/α,β-unsaturated/α-hetero) is 1. The number of thiophene rings is 1. The largest absolute Gasteiger partial charge is 0.373 e. The summed E-state index contributed by atoms with van der Waals surface area (Å²) < 4.78 is 5.43. The van der Waals surface area contributed by atoms with Crippen LogP contribution in [0, 0.1) is 5.92 Å². The molecule has 0 bridgehead atoms. The van der Waals surface area contributed by atoms with Gasteiger partial charge in [-0.1, -0.05) is 25.3 Å². The molecule has 1 atom stereocenters. The zero-order chi connectivity index (χ0) is 11.4. The van der Waals surface area contributed by atoms with E-state index in [1.807, 2.05) is 17.5 Å². The number of carbonyl (C=O) groups excluding carboxylic acids is 1. The van der Waals surface area contributed by atoms with E-state index in [4.69, 9.17) is 4.74 Å². The van der Waals surface area contributed by atoms with Crippen molar-refractivity contribution in [3.05, 3.63) is 22.4 Å². The van der Waals surface area contributed by atoms with Gasteiger partial charge in [-0.15, -0.1) is 11.3 Å². The molecule has 1 aliphatic carbocycles. The van der Waals surface area contributed by atoms with Crippen molar-refractivity contribution >= 4 is 17.1 Å². The Hall–Kier alpha value is -0.670. The highest BCUT2D eigenvalue weighted by atomic mass is 32.1. The van der Waals surface area contributed by atoms with E-state index in [0.717, 1.165) is 17.7 Å². The molecule has 0 amide bonds. The molecule has 88 valence electrons. The number of hydrogen-bond donors (Lipinski definition) is 0. The Labute approximate surface area is 101 Å². The summed E-state index contributed by atoms with van der Waals surface area (Å²) in [7, 11) is 1.66. The molecule has 1 heterocycles. The summed E-state index contributed by atoms with van der Waals surface area (Å²) in [5, 5.41) is 1.95. The van der Waals surface area contributed by atoms with E-state index in [1.54, 1.807) is 7.11 Å². The minimum Gasteiger partial charge on any atom is -0.373 e. The summed E-state index contributed by atoms with van der Waals surface area (Å²) in [6.07, 6.45) is 5.83. The first-order chi connectivity index (χ1) is 7.83. The molecule has 2 rings (SSSR count). The maximum absolute atomic E-state index is 12.2. The van der Waals surface area contributed by atoms with Crippen molar-refractivity contribution < 1.29 is 9.53 Å². The zero-order valence-electron chi connectivity index (χ0n) is 9.65. The molecule has 0 radical (unpaired) electrons. The molecule has 1 fully saturated rings. The summed E-state index contributed by atoms with van der Waals surface area (Å²) in [6.45, 7) is 0. The second-order valence-corrected chi connectivity index (χ2v) is 5.34. The van der Waals surface area contributed by atoms with E-state index in [2.05, 4.69) is 0 Å². The van der Waals surface area contributed by atoms with Crippen molar-refractivity contribution in [3.8, 4) is 0 Å². The number of ether oxygens (including phenoxy) is 1. The Morgan fingerprint density at radius 1 is 1.44 bits per heavy atom. The van der Waals surface area contributed by atoms with Crippen LogP contribution >= 0.6 is 11.3 Å². The second-order valence-electron chi connectivity index (χ2n) is 4.40. The van der Waals surface area contributed by atoms with Gasteiger partial charge in [0.15, 0.2) is 0 Å². The first kappa shape index (κ1) is 11.8. The lowest BCUT2D eigenvalue weighted by Gasteiger charge is -2.27. The molecule has 0 N–H and O–H groups in total. The third-order valence-electron chi connectivity index (χ3n) is 3.35. The highest BCUT2D eigenvalue weighted by molar-refractivity contribution is 7.12. The molecule has 0 saturated heterocycles. The van der Waals surface area contributed by atoms with Crippen LogP contribution in [0.5, 0.6) is 0 Å². The maximum atomic E-state index is 12.2. The van der Waals surface area contributed by atoms with Crippen molar-refractivity contribution in [2.45, 2.75) is 38.2 Å². The van der Waals surface area contributed by atoms with E-state index in [1.165, 1.54) is 30.6 Å². The van der Waals surface area contributed by atoms with Gasteiger partial charge in [-0.2, -0.15) is 0 Å². The van der Waals surface area contributed by atoms with Gasteiger partial charge in [-0.25, -0.2) is 0 Å².